The minimum atomic E-state index is -0.191. The number of methoxy groups -OCH3 is 2. The zero-order valence-corrected chi connectivity index (χ0v) is 21.5. The number of hydrogen-bond acceptors (Lipinski definition) is 3. The Kier molecular flexibility index (Phi) is 7.89. The van der Waals surface area contributed by atoms with Crippen molar-refractivity contribution in [1.82, 2.24) is 9.88 Å². The van der Waals surface area contributed by atoms with Crippen molar-refractivity contribution >= 4 is 40.0 Å². The number of rotatable bonds is 9. The number of fused-ring (bicyclic) bond motifs is 1. The first-order valence-corrected chi connectivity index (χ1v) is 12.1. The number of para-hydroxylation sites is 1. The number of aromatic nitrogens is 1. The van der Waals surface area contributed by atoms with Gasteiger partial charge in [-0.3, -0.25) is 4.79 Å². The lowest BCUT2D eigenvalue weighted by atomic mass is 9.87. The van der Waals surface area contributed by atoms with E-state index in [-0.39, 0.29) is 18.2 Å². The van der Waals surface area contributed by atoms with Gasteiger partial charge in [-0.15, -0.1) is 0 Å². The van der Waals surface area contributed by atoms with E-state index in [1.165, 1.54) is 0 Å². The molecule has 1 amide bonds. The van der Waals surface area contributed by atoms with E-state index in [1.54, 1.807) is 26.4 Å². The second kappa shape index (κ2) is 11.1. The molecule has 0 aliphatic rings. The highest BCUT2D eigenvalue weighted by Crippen LogP contribution is 2.37. The molecule has 1 N–H and O–H groups in total. The van der Waals surface area contributed by atoms with Crippen LogP contribution in [0.4, 0.5) is 0 Å². The fourth-order valence-electron chi connectivity index (χ4n) is 4.41. The van der Waals surface area contributed by atoms with Crippen molar-refractivity contribution in [3.05, 3.63) is 93.6 Å². The molecule has 1 atom stereocenters. The van der Waals surface area contributed by atoms with Crippen molar-refractivity contribution in [3.63, 3.8) is 0 Å². The summed E-state index contributed by atoms with van der Waals surface area (Å²) in [4.78, 5) is 13.1. The number of nitrogens with one attached hydrogen (secondary N) is 1. The summed E-state index contributed by atoms with van der Waals surface area (Å²) in [6.45, 7) is 0.476. The quantitative estimate of drug-likeness (QED) is 0.284. The van der Waals surface area contributed by atoms with Crippen LogP contribution in [0.2, 0.25) is 10.0 Å². The van der Waals surface area contributed by atoms with Gasteiger partial charge in [0.2, 0.25) is 5.91 Å². The first kappa shape index (κ1) is 25.0. The van der Waals surface area contributed by atoms with Crippen molar-refractivity contribution in [1.29, 1.82) is 0 Å². The summed E-state index contributed by atoms with van der Waals surface area (Å²) in [7, 11) is 5.27. The number of carbonyl (C=O) groups excluding carboxylic acids is 1. The van der Waals surface area contributed by atoms with E-state index in [0.717, 1.165) is 27.6 Å². The summed E-state index contributed by atoms with van der Waals surface area (Å²) in [5, 5.41) is 5.36. The smallest absolute Gasteiger partial charge is 0.220 e. The van der Waals surface area contributed by atoms with Crippen LogP contribution in [0.3, 0.4) is 0 Å². The summed E-state index contributed by atoms with van der Waals surface area (Å²) >= 11 is 12.3. The number of nitrogens with zero attached hydrogens (tertiary/aromatic N) is 1. The van der Waals surface area contributed by atoms with E-state index >= 15 is 0 Å². The molecule has 0 saturated heterocycles. The standard InChI is InChI=1S/C28H28Cl2N2O3/c1-32-17-25(23-6-4-5-7-27(23)32)24(19-12-21(34-2)15-22(13-19)35-3)16-28(33)31-11-10-18-8-9-20(29)14-26(18)30/h4-9,12-15,17,24H,10-11,16H2,1-3H3,(H,31,33). The van der Waals surface area contributed by atoms with Crippen LogP contribution in [-0.2, 0) is 18.3 Å². The average molecular weight is 511 g/mol. The number of aryl methyl sites for hydroxylation is 1. The minimum Gasteiger partial charge on any atom is -0.497 e. The Morgan fingerprint density at radius 3 is 2.40 bits per heavy atom. The maximum absolute atomic E-state index is 13.1. The highest BCUT2D eigenvalue weighted by atomic mass is 35.5. The monoisotopic (exact) mass is 510 g/mol. The minimum absolute atomic E-state index is 0.0465. The molecule has 1 heterocycles. The average Bonchev–Trinajstić information content (AvgIpc) is 3.19. The molecule has 7 heteroatoms. The van der Waals surface area contributed by atoms with Gasteiger partial charge >= 0.3 is 0 Å². The second-order valence-corrected chi connectivity index (χ2v) is 9.29. The number of benzene rings is 3. The molecule has 4 aromatic rings. The summed E-state index contributed by atoms with van der Waals surface area (Å²) in [5.74, 6) is 1.13. The van der Waals surface area contributed by atoms with E-state index in [1.807, 2.05) is 43.4 Å². The molecule has 182 valence electrons. The van der Waals surface area contributed by atoms with Crippen LogP contribution in [0.25, 0.3) is 10.9 Å². The molecule has 5 nitrogen and oxygen atoms in total. The molecule has 0 radical (unpaired) electrons. The third kappa shape index (κ3) is 5.75. The van der Waals surface area contributed by atoms with Gasteiger partial charge in [0.25, 0.3) is 0 Å². The predicted octanol–water partition coefficient (Wildman–Crippen LogP) is 6.38. The largest absolute Gasteiger partial charge is 0.497 e. The van der Waals surface area contributed by atoms with Gasteiger partial charge in [0.1, 0.15) is 11.5 Å². The number of ether oxygens (including phenoxy) is 2. The number of halogens is 2. The Balaban J connectivity index is 1.61. The first-order chi connectivity index (χ1) is 16.9. The summed E-state index contributed by atoms with van der Waals surface area (Å²) in [5.41, 5.74) is 4.09. The summed E-state index contributed by atoms with van der Waals surface area (Å²) in [6, 6.07) is 19.4. The molecule has 0 aliphatic heterocycles. The molecule has 1 unspecified atom stereocenters. The highest BCUT2D eigenvalue weighted by Gasteiger charge is 2.23. The molecule has 0 bridgehead atoms. The van der Waals surface area contributed by atoms with Gasteiger partial charge in [-0.2, -0.15) is 0 Å². The summed E-state index contributed by atoms with van der Waals surface area (Å²) < 4.78 is 13.1. The molecule has 3 aromatic carbocycles. The van der Waals surface area contributed by atoms with Crippen LogP contribution in [0, 0.1) is 0 Å². The third-order valence-corrected chi connectivity index (χ3v) is 6.79. The van der Waals surface area contributed by atoms with Gasteiger partial charge in [0.05, 0.1) is 14.2 Å². The summed E-state index contributed by atoms with van der Waals surface area (Å²) in [6.07, 6.45) is 2.99. The van der Waals surface area contributed by atoms with E-state index in [0.29, 0.717) is 34.5 Å². The van der Waals surface area contributed by atoms with Gasteiger partial charge in [-0.1, -0.05) is 47.5 Å². The van der Waals surface area contributed by atoms with Gasteiger partial charge < -0.3 is 19.4 Å². The highest BCUT2D eigenvalue weighted by molar-refractivity contribution is 6.35. The van der Waals surface area contributed by atoms with E-state index in [9.17, 15) is 4.79 Å². The SMILES string of the molecule is COc1cc(OC)cc(C(CC(=O)NCCc2ccc(Cl)cc2Cl)c2cn(C)c3ccccc23)c1. The Morgan fingerprint density at radius 1 is 1.00 bits per heavy atom. The van der Waals surface area contributed by atoms with Crippen LogP contribution < -0.4 is 14.8 Å². The van der Waals surface area contributed by atoms with Crippen LogP contribution in [0.1, 0.15) is 29.0 Å². The van der Waals surface area contributed by atoms with Gasteiger partial charge in [0, 0.05) is 59.1 Å². The van der Waals surface area contributed by atoms with Crippen LogP contribution in [0.5, 0.6) is 11.5 Å². The Bertz CT molecular complexity index is 1330. The molecule has 0 fully saturated rings. The number of carbonyl (C=O) groups is 1. The van der Waals surface area contributed by atoms with Crippen LogP contribution in [-0.4, -0.2) is 31.2 Å². The lowest BCUT2D eigenvalue weighted by molar-refractivity contribution is -0.121. The van der Waals surface area contributed by atoms with Crippen LogP contribution >= 0.6 is 23.2 Å². The van der Waals surface area contributed by atoms with E-state index in [4.69, 9.17) is 32.7 Å². The first-order valence-electron chi connectivity index (χ1n) is 11.4. The van der Waals surface area contributed by atoms with E-state index < -0.39 is 0 Å². The predicted molar refractivity (Wildman–Crippen MR) is 142 cm³/mol. The third-order valence-electron chi connectivity index (χ3n) is 6.20. The normalized spacial score (nSPS) is 11.9. The second-order valence-electron chi connectivity index (χ2n) is 8.45. The van der Waals surface area contributed by atoms with Crippen molar-refractivity contribution in [3.8, 4) is 11.5 Å². The molecule has 4 rings (SSSR count). The van der Waals surface area contributed by atoms with Crippen molar-refractivity contribution in [2.45, 2.75) is 18.8 Å². The zero-order valence-electron chi connectivity index (χ0n) is 20.0. The lowest BCUT2D eigenvalue weighted by Crippen LogP contribution is -2.27. The van der Waals surface area contributed by atoms with Gasteiger partial charge in [0.15, 0.2) is 0 Å². The topological polar surface area (TPSA) is 52.5 Å². The van der Waals surface area contributed by atoms with Crippen molar-refractivity contribution < 1.29 is 14.3 Å². The lowest BCUT2D eigenvalue weighted by Gasteiger charge is -2.19. The van der Waals surface area contributed by atoms with Gasteiger partial charge in [-0.05, 0) is 53.4 Å². The molecule has 1 aromatic heterocycles. The fraction of sp³-hybridized carbons (Fsp3) is 0.250. The maximum atomic E-state index is 13.1. The van der Waals surface area contributed by atoms with Crippen LogP contribution in [0.15, 0.2) is 66.9 Å². The van der Waals surface area contributed by atoms with Gasteiger partial charge in [-0.25, -0.2) is 0 Å². The number of hydrogen-bond donors (Lipinski definition) is 1. The fourth-order valence-corrected chi connectivity index (χ4v) is 4.91. The Hall–Kier alpha value is -3.15. The maximum Gasteiger partial charge on any atom is 0.220 e. The van der Waals surface area contributed by atoms with E-state index in [2.05, 4.69) is 28.2 Å². The molecule has 0 spiro atoms. The number of amides is 1. The molecular weight excluding hydrogens is 483 g/mol. The molecular formula is C28H28Cl2N2O3. The Labute approximate surface area is 215 Å². The molecule has 35 heavy (non-hydrogen) atoms. The van der Waals surface area contributed by atoms with Crippen molar-refractivity contribution in [2.24, 2.45) is 7.05 Å². The zero-order chi connectivity index (χ0) is 24.9. The Morgan fingerprint density at radius 2 is 1.71 bits per heavy atom. The molecule has 0 aliphatic carbocycles. The van der Waals surface area contributed by atoms with Crippen molar-refractivity contribution in [2.75, 3.05) is 20.8 Å². The molecule has 0 saturated carbocycles.